The molecule has 0 amide bonds. The molecule has 0 saturated heterocycles. The Bertz CT molecular complexity index is 3220. The summed E-state index contributed by atoms with van der Waals surface area (Å²) in [5, 5.41) is 28.8. The van der Waals surface area contributed by atoms with Gasteiger partial charge in [0.05, 0.1) is 46.7 Å². The van der Waals surface area contributed by atoms with Gasteiger partial charge in [-0.05, 0) is 91.8 Å². The van der Waals surface area contributed by atoms with Crippen molar-refractivity contribution in [1.29, 1.82) is 0 Å². The monoisotopic (exact) mass is 824 g/mol. The molecule has 1 saturated carbocycles. The number of benzene rings is 8. The minimum absolute atomic E-state index is 0.212. The normalized spacial score (nSPS) is 15.4. The standard InChI is InChI=1S/C57H48N2O4/c1-37-33-47(57(61)53(34-37)59-50-28-12-6-21-42(50)43-22-7-13-29-51(43)59)45-24-9-15-32-55(45)63-36-39-18-3-2-17-38(39)35-62-54-31-14-8-23-44(54)46-25-16-30-52(56(46)60)58-48-26-10-4-19-40(48)41-20-5-11-27-49(41)58/h4-16,19-34,38-39,60-61H,2-3,17-18,35-36H2,1H3/t38-,39-/m0/s1. The number of phenols is 2. The van der Waals surface area contributed by atoms with Crippen LogP contribution in [0.2, 0.25) is 0 Å². The van der Waals surface area contributed by atoms with E-state index in [1.165, 1.54) is 0 Å². The molecule has 1 aliphatic carbocycles. The Morgan fingerprint density at radius 3 is 1.33 bits per heavy atom. The zero-order valence-electron chi connectivity index (χ0n) is 35.2. The molecule has 0 unspecified atom stereocenters. The highest BCUT2D eigenvalue weighted by molar-refractivity contribution is 6.10. The van der Waals surface area contributed by atoms with Crippen LogP contribution in [-0.2, 0) is 0 Å². The number of aromatic hydroxyl groups is 2. The van der Waals surface area contributed by atoms with Crippen molar-refractivity contribution in [1.82, 2.24) is 9.13 Å². The lowest BCUT2D eigenvalue weighted by Gasteiger charge is -2.32. The fraction of sp³-hybridized carbons (Fsp3) is 0.158. The lowest BCUT2D eigenvalue weighted by Crippen LogP contribution is -2.30. The first-order chi connectivity index (χ1) is 31.0. The molecule has 2 atom stereocenters. The number of para-hydroxylation sites is 7. The van der Waals surface area contributed by atoms with Gasteiger partial charge >= 0.3 is 0 Å². The van der Waals surface area contributed by atoms with E-state index >= 15 is 0 Å². The summed E-state index contributed by atoms with van der Waals surface area (Å²) >= 11 is 0. The fourth-order valence-corrected chi connectivity index (χ4v) is 10.2. The van der Waals surface area contributed by atoms with Gasteiger partial charge in [0.2, 0.25) is 0 Å². The summed E-state index contributed by atoms with van der Waals surface area (Å²) in [5.74, 6) is 2.50. The molecular formula is C57H48N2O4. The van der Waals surface area contributed by atoms with Crippen LogP contribution in [0.5, 0.6) is 23.0 Å². The number of hydrogen-bond donors (Lipinski definition) is 2. The lowest BCUT2D eigenvalue weighted by atomic mass is 9.80. The third kappa shape index (κ3) is 6.74. The van der Waals surface area contributed by atoms with Gasteiger partial charge in [0.15, 0.2) is 0 Å². The molecule has 6 nitrogen and oxygen atoms in total. The molecule has 8 aromatic carbocycles. The second-order valence-corrected chi connectivity index (χ2v) is 17.0. The SMILES string of the molecule is Cc1cc(-c2ccccc2OC[C@@H]2CCCC[C@H]2COc2ccccc2-c2cccc(-n3c4ccccc4c4ccccc43)c2O)c(O)c(-n2c3ccccc3c3ccccc32)c1. The van der Waals surface area contributed by atoms with Gasteiger partial charge in [-0.3, -0.25) is 0 Å². The number of nitrogens with zero attached hydrogens (tertiary/aromatic N) is 2. The number of ether oxygens (including phenoxy) is 2. The molecule has 0 bridgehead atoms. The second kappa shape index (κ2) is 16.1. The van der Waals surface area contributed by atoms with Gasteiger partial charge in [-0.2, -0.15) is 0 Å². The molecule has 6 heteroatoms. The lowest BCUT2D eigenvalue weighted by molar-refractivity contribution is 0.105. The van der Waals surface area contributed by atoms with E-state index in [1.54, 1.807) is 0 Å². The Kier molecular flexibility index (Phi) is 9.84. The van der Waals surface area contributed by atoms with Gasteiger partial charge in [0, 0.05) is 43.8 Å². The number of phenolic OH excluding ortho intramolecular Hbond substituents is 2. The van der Waals surface area contributed by atoms with Crippen molar-refractivity contribution in [2.45, 2.75) is 32.6 Å². The van der Waals surface area contributed by atoms with Gasteiger partial charge < -0.3 is 28.8 Å². The molecule has 10 aromatic rings. The van der Waals surface area contributed by atoms with Gasteiger partial charge in [-0.25, -0.2) is 0 Å². The quantitative estimate of drug-likeness (QED) is 0.144. The summed E-state index contributed by atoms with van der Waals surface area (Å²) < 4.78 is 17.9. The van der Waals surface area contributed by atoms with E-state index in [2.05, 4.69) is 113 Å². The van der Waals surface area contributed by atoms with Gasteiger partial charge in [-0.15, -0.1) is 0 Å². The van der Waals surface area contributed by atoms with Crippen LogP contribution in [0.25, 0.3) is 77.2 Å². The molecule has 1 fully saturated rings. The Labute approximate surface area is 366 Å². The summed E-state index contributed by atoms with van der Waals surface area (Å²) in [4.78, 5) is 0. The zero-order chi connectivity index (χ0) is 42.4. The minimum atomic E-state index is 0.212. The second-order valence-electron chi connectivity index (χ2n) is 17.0. The summed E-state index contributed by atoms with van der Waals surface area (Å²) in [6, 6.07) is 59.7. The predicted octanol–water partition coefficient (Wildman–Crippen LogP) is 14.2. The zero-order valence-corrected chi connectivity index (χ0v) is 35.2. The molecule has 0 spiro atoms. The molecular weight excluding hydrogens is 777 g/mol. The third-order valence-electron chi connectivity index (χ3n) is 13.2. The number of rotatable bonds is 10. The van der Waals surface area contributed by atoms with Crippen LogP contribution in [0.15, 0.2) is 176 Å². The summed E-state index contributed by atoms with van der Waals surface area (Å²) in [6.07, 6.45) is 4.39. The van der Waals surface area contributed by atoms with Crippen molar-refractivity contribution in [2.24, 2.45) is 11.8 Å². The largest absolute Gasteiger partial charge is 0.505 e. The van der Waals surface area contributed by atoms with E-state index in [0.717, 1.165) is 120 Å². The maximum Gasteiger partial charge on any atom is 0.147 e. The van der Waals surface area contributed by atoms with E-state index in [4.69, 9.17) is 9.47 Å². The van der Waals surface area contributed by atoms with Crippen molar-refractivity contribution in [3.8, 4) is 56.6 Å². The molecule has 11 rings (SSSR count). The predicted molar refractivity (Wildman–Crippen MR) is 257 cm³/mol. The van der Waals surface area contributed by atoms with E-state index in [9.17, 15) is 10.2 Å². The molecule has 0 radical (unpaired) electrons. The molecule has 63 heavy (non-hydrogen) atoms. The molecule has 2 heterocycles. The van der Waals surface area contributed by atoms with Crippen LogP contribution in [0, 0.1) is 18.8 Å². The molecule has 310 valence electrons. The average molecular weight is 825 g/mol. The highest BCUT2D eigenvalue weighted by Crippen LogP contribution is 2.45. The maximum absolute atomic E-state index is 12.2. The Hall–Kier alpha value is -7.44. The van der Waals surface area contributed by atoms with Crippen molar-refractivity contribution in [3.05, 3.63) is 181 Å². The van der Waals surface area contributed by atoms with Gasteiger partial charge in [0.25, 0.3) is 0 Å². The Morgan fingerprint density at radius 1 is 0.429 bits per heavy atom. The number of hydrogen-bond acceptors (Lipinski definition) is 4. The van der Waals surface area contributed by atoms with Crippen molar-refractivity contribution in [2.75, 3.05) is 13.2 Å². The Morgan fingerprint density at radius 2 is 0.825 bits per heavy atom. The first-order valence-electron chi connectivity index (χ1n) is 22.1. The van der Waals surface area contributed by atoms with E-state index < -0.39 is 0 Å². The summed E-state index contributed by atoms with van der Waals surface area (Å²) in [6.45, 7) is 3.17. The molecule has 2 aromatic heterocycles. The average Bonchev–Trinajstić information content (AvgIpc) is 3.84. The fourth-order valence-electron chi connectivity index (χ4n) is 10.2. The highest BCUT2D eigenvalue weighted by Gasteiger charge is 2.28. The van der Waals surface area contributed by atoms with Crippen molar-refractivity contribution < 1.29 is 19.7 Å². The van der Waals surface area contributed by atoms with Crippen LogP contribution >= 0.6 is 0 Å². The molecule has 2 N–H and O–H groups in total. The molecule has 0 aliphatic heterocycles. The van der Waals surface area contributed by atoms with Crippen LogP contribution < -0.4 is 9.47 Å². The number of fused-ring (bicyclic) bond motifs is 6. The number of aromatic nitrogens is 2. The van der Waals surface area contributed by atoms with Gasteiger partial charge in [-0.1, -0.05) is 134 Å². The van der Waals surface area contributed by atoms with Crippen LogP contribution in [-0.4, -0.2) is 32.6 Å². The van der Waals surface area contributed by atoms with Crippen LogP contribution in [0.3, 0.4) is 0 Å². The summed E-state index contributed by atoms with van der Waals surface area (Å²) in [7, 11) is 0. The van der Waals surface area contributed by atoms with Crippen LogP contribution in [0.4, 0.5) is 0 Å². The third-order valence-corrected chi connectivity index (χ3v) is 13.2. The smallest absolute Gasteiger partial charge is 0.147 e. The highest BCUT2D eigenvalue weighted by atomic mass is 16.5. The summed E-state index contributed by atoms with van der Waals surface area (Å²) in [5.41, 5.74) is 9.90. The number of aryl methyl sites for hydroxylation is 1. The van der Waals surface area contributed by atoms with E-state index in [1.807, 2.05) is 78.9 Å². The maximum atomic E-state index is 12.2. The minimum Gasteiger partial charge on any atom is -0.505 e. The Balaban J connectivity index is 0.860. The topological polar surface area (TPSA) is 68.8 Å². The van der Waals surface area contributed by atoms with Crippen molar-refractivity contribution in [3.63, 3.8) is 0 Å². The van der Waals surface area contributed by atoms with E-state index in [0.29, 0.717) is 13.2 Å². The van der Waals surface area contributed by atoms with Gasteiger partial charge in [0.1, 0.15) is 23.0 Å². The first kappa shape index (κ1) is 38.5. The van der Waals surface area contributed by atoms with E-state index in [-0.39, 0.29) is 23.3 Å². The molecule has 1 aliphatic rings. The van der Waals surface area contributed by atoms with Crippen molar-refractivity contribution >= 4 is 43.6 Å². The first-order valence-corrected chi connectivity index (χ1v) is 22.1. The van der Waals surface area contributed by atoms with Crippen LogP contribution in [0.1, 0.15) is 31.2 Å².